The molecule has 1 N–H and O–H groups in total. The van der Waals surface area contributed by atoms with Crippen LogP contribution in [-0.4, -0.2) is 50.3 Å². The molecule has 0 aromatic heterocycles. The number of nitrogens with zero attached hydrogens (tertiary/aromatic N) is 1. The van der Waals surface area contributed by atoms with Gasteiger partial charge in [-0.15, -0.1) is 0 Å². The highest BCUT2D eigenvalue weighted by Crippen LogP contribution is 2.28. The minimum atomic E-state index is 0.401. The van der Waals surface area contributed by atoms with Gasteiger partial charge >= 0.3 is 0 Å². The molecule has 2 fully saturated rings. The Morgan fingerprint density at radius 1 is 1.29 bits per heavy atom. The van der Waals surface area contributed by atoms with Crippen molar-refractivity contribution in [2.45, 2.75) is 51.2 Å². The third kappa shape index (κ3) is 3.94. The Bertz CT molecular complexity index is 216. The van der Waals surface area contributed by atoms with Crippen LogP contribution in [0.3, 0.4) is 0 Å². The summed E-state index contributed by atoms with van der Waals surface area (Å²) in [6.07, 6.45) is 7.30. The van der Waals surface area contributed by atoms with E-state index in [1.165, 1.54) is 45.2 Å². The number of nitrogens with one attached hydrogen (secondary N) is 1. The second-order valence-corrected chi connectivity index (χ2v) is 5.73. The Morgan fingerprint density at radius 3 is 2.76 bits per heavy atom. The summed E-state index contributed by atoms with van der Waals surface area (Å²) >= 11 is 0. The van der Waals surface area contributed by atoms with E-state index >= 15 is 0 Å². The van der Waals surface area contributed by atoms with Crippen LogP contribution in [0, 0.1) is 5.92 Å². The van der Waals surface area contributed by atoms with Crippen molar-refractivity contribution in [3.8, 4) is 0 Å². The van der Waals surface area contributed by atoms with Crippen LogP contribution in [0.5, 0.6) is 0 Å². The van der Waals surface area contributed by atoms with Gasteiger partial charge in [0.2, 0.25) is 0 Å². The lowest BCUT2D eigenvalue weighted by Crippen LogP contribution is -2.45. The molecular formula is C14H28N2O. The molecule has 0 aromatic carbocycles. The Hall–Kier alpha value is -0.120. The lowest BCUT2D eigenvalue weighted by molar-refractivity contribution is 0.0653. The van der Waals surface area contributed by atoms with E-state index in [-0.39, 0.29) is 0 Å². The highest BCUT2D eigenvalue weighted by atomic mass is 16.5. The summed E-state index contributed by atoms with van der Waals surface area (Å²) in [5.74, 6) is 0.902. The van der Waals surface area contributed by atoms with Gasteiger partial charge in [-0.3, -0.25) is 4.90 Å². The standard InChI is InChI=1S/C14H28N2O/c1-12-10-16(8-5-9-17-12)11-14(15-2)13-6-3-4-7-13/h12-15H,3-11H2,1-2H3. The van der Waals surface area contributed by atoms with Crippen LogP contribution in [-0.2, 0) is 4.74 Å². The Labute approximate surface area is 106 Å². The van der Waals surface area contributed by atoms with Crippen LogP contribution in [0.25, 0.3) is 0 Å². The number of hydrogen-bond donors (Lipinski definition) is 1. The van der Waals surface area contributed by atoms with E-state index in [0.29, 0.717) is 12.1 Å². The van der Waals surface area contributed by atoms with Crippen LogP contribution >= 0.6 is 0 Å². The Kier molecular flexibility index (Phi) is 5.26. The van der Waals surface area contributed by atoms with E-state index < -0.39 is 0 Å². The molecule has 2 aliphatic rings. The third-order valence-electron chi connectivity index (χ3n) is 4.33. The molecule has 0 spiro atoms. The number of hydrogen-bond acceptors (Lipinski definition) is 3. The zero-order valence-electron chi connectivity index (χ0n) is 11.5. The molecule has 17 heavy (non-hydrogen) atoms. The fraction of sp³-hybridized carbons (Fsp3) is 1.00. The Morgan fingerprint density at radius 2 is 2.06 bits per heavy atom. The van der Waals surface area contributed by atoms with E-state index in [1.54, 1.807) is 0 Å². The van der Waals surface area contributed by atoms with E-state index in [1.807, 2.05) is 0 Å². The van der Waals surface area contributed by atoms with Crippen LogP contribution in [0.1, 0.15) is 39.0 Å². The first-order chi connectivity index (χ1) is 8.29. The minimum absolute atomic E-state index is 0.401. The predicted molar refractivity (Wildman–Crippen MR) is 71.3 cm³/mol. The van der Waals surface area contributed by atoms with Crippen LogP contribution in [0.4, 0.5) is 0 Å². The van der Waals surface area contributed by atoms with Gasteiger partial charge in [0.05, 0.1) is 6.10 Å². The van der Waals surface area contributed by atoms with Gasteiger partial charge in [0.25, 0.3) is 0 Å². The monoisotopic (exact) mass is 240 g/mol. The molecule has 0 radical (unpaired) electrons. The maximum absolute atomic E-state index is 5.71. The number of likely N-dealkylation sites (N-methyl/N-ethyl adjacent to an activating group) is 1. The van der Waals surface area contributed by atoms with Gasteiger partial charge in [-0.25, -0.2) is 0 Å². The van der Waals surface area contributed by atoms with Gasteiger partial charge in [-0.05, 0) is 39.2 Å². The van der Waals surface area contributed by atoms with Crippen LogP contribution < -0.4 is 5.32 Å². The summed E-state index contributed by atoms with van der Waals surface area (Å²) in [5.41, 5.74) is 0. The largest absolute Gasteiger partial charge is 0.377 e. The van der Waals surface area contributed by atoms with Gasteiger partial charge < -0.3 is 10.1 Å². The van der Waals surface area contributed by atoms with Gasteiger partial charge in [0.15, 0.2) is 0 Å². The summed E-state index contributed by atoms with van der Waals surface area (Å²) < 4.78 is 5.71. The molecule has 1 aliphatic carbocycles. The van der Waals surface area contributed by atoms with E-state index in [9.17, 15) is 0 Å². The van der Waals surface area contributed by atoms with Crippen molar-refractivity contribution in [3.63, 3.8) is 0 Å². The van der Waals surface area contributed by atoms with Crippen LogP contribution in [0.2, 0.25) is 0 Å². The van der Waals surface area contributed by atoms with Crippen molar-refractivity contribution in [1.82, 2.24) is 10.2 Å². The summed E-state index contributed by atoms with van der Waals surface area (Å²) in [7, 11) is 2.13. The number of rotatable bonds is 4. The van der Waals surface area contributed by atoms with Gasteiger partial charge in [0.1, 0.15) is 0 Å². The minimum Gasteiger partial charge on any atom is -0.377 e. The molecule has 3 heteroatoms. The molecule has 2 rings (SSSR count). The number of ether oxygens (including phenoxy) is 1. The Balaban J connectivity index is 1.83. The molecular weight excluding hydrogens is 212 g/mol. The summed E-state index contributed by atoms with van der Waals surface area (Å²) in [5, 5.41) is 3.54. The molecule has 1 saturated carbocycles. The molecule has 1 heterocycles. The highest BCUT2D eigenvalue weighted by molar-refractivity contribution is 4.83. The van der Waals surface area contributed by atoms with Crippen molar-refractivity contribution < 1.29 is 4.74 Å². The van der Waals surface area contributed by atoms with Crippen molar-refractivity contribution in [2.24, 2.45) is 5.92 Å². The maximum Gasteiger partial charge on any atom is 0.0673 e. The molecule has 0 aromatic rings. The zero-order chi connectivity index (χ0) is 12.1. The first-order valence-corrected chi connectivity index (χ1v) is 7.31. The van der Waals surface area contributed by atoms with Gasteiger partial charge in [-0.2, -0.15) is 0 Å². The SMILES string of the molecule is CNC(CN1CCCOC(C)C1)C1CCCC1. The topological polar surface area (TPSA) is 24.5 Å². The zero-order valence-corrected chi connectivity index (χ0v) is 11.5. The average Bonchev–Trinajstić information content (AvgIpc) is 2.77. The molecule has 2 unspecified atom stereocenters. The molecule has 100 valence electrons. The maximum atomic E-state index is 5.71. The van der Waals surface area contributed by atoms with Crippen LogP contribution in [0.15, 0.2) is 0 Å². The lowest BCUT2D eigenvalue weighted by Gasteiger charge is -2.30. The first-order valence-electron chi connectivity index (χ1n) is 7.31. The third-order valence-corrected chi connectivity index (χ3v) is 4.33. The fourth-order valence-corrected chi connectivity index (χ4v) is 3.36. The fourth-order valence-electron chi connectivity index (χ4n) is 3.36. The van der Waals surface area contributed by atoms with Gasteiger partial charge in [-0.1, -0.05) is 12.8 Å². The molecule has 1 saturated heterocycles. The predicted octanol–water partition coefficient (Wildman–Crippen LogP) is 1.88. The second-order valence-electron chi connectivity index (χ2n) is 5.73. The molecule has 1 aliphatic heterocycles. The summed E-state index contributed by atoms with van der Waals surface area (Å²) in [6.45, 7) is 6.64. The molecule has 2 atom stereocenters. The molecule has 0 bridgehead atoms. The lowest BCUT2D eigenvalue weighted by atomic mass is 9.97. The van der Waals surface area contributed by atoms with Crippen molar-refractivity contribution in [3.05, 3.63) is 0 Å². The van der Waals surface area contributed by atoms with E-state index in [0.717, 1.165) is 19.1 Å². The van der Waals surface area contributed by atoms with E-state index in [4.69, 9.17) is 4.74 Å². The van der Waals surface area contributed by atoms with Crippen molar-refractivity contribution in [1.29, 1.82) is 0 Å². The molecule has 3 nitrogen and oxygen atoms in total. The van der Waals surface area contributed by atoms with Gasteiger partial charge in [0, 0.05) is 32.3 Å². The smallest absolute Gasteiger partial charge is 0.0673 e. The second kappa shape index (κ2) is 6.72. The van der Waals surface area contributed by atoms with Crippen molar-refractivity contribution in [2.75, 3.05) is 33.3 Å². The normalized spacial score (nSPS) is 30.4. The van der Waals surface area contributed by atoms with Crippen molar-refractivity contribution >= 4 is 0 Å². The molecule has 0 amide bonds. The quantitative estimate of drug-likeness (QED) is 0.812. The summed E-state index contributed by atoms with van der Waals surface area (Å²) in [4.78, 5) is 2.59. The average molecular weight is 240 g/mol. The van der Waals surface area contributed by atoms with E-state index in [2.05, 4.69) is 24.2 Å². The highest BCUT2D eigenvalue weighted by Gasteiger charge is 2.26. The summed E-state index contributed by atoms with van der Waals surface area (Å²) in [6, 6.07) is 0.683. The first kappa shape index (κ1) is 13.3.